The van der Waals surface area contributed by atoms with Crippen LogP contribution >= 0.6 is 0 Å². The van der Waals surface area contributed by atoms with Gasteiger partial charge in [-0.15, -0.1) is 0 Å². The summed E-state index contributed by atoms with van der Waals surface area (Å²) in [6, 6.07) is 7.15. The maximum absolute atomic E-state index is 5.86. The fourth-order valence-electron chi connectivity index (χ4n) is 2.67. The van der Waals surface area contributed by atoms with Crippen molar-refractivity contribution in [1.82, 2.24) is 5.32 Å². The Labute approximate surface area is 103 Å². The Morgan fingerprint density at radius 1 is 1.29 bits per heavy atom. The molecular formula is C15H21NO. The third-order valence-corrected chi connectivity index (χ3v) is 3.96. The molecular weight excluding hydrogens is 210 g/mol. The summed E-state index contributed by atoms with van der Waals surface area (Å²) in [4.78, 5) is 0. The predicted molar refractivity (Wildman–Crippen MR) is 69.4 cm³/mol. The molecule has 1 fully saturated rings. The van der Waals surface area contributed by atoms with E-state index in [1.165, 1.54) is 43.2 Å². The van der Waals surface area contributed by atoms with Crippen LogP contribution in [-0.4, -0.2) is 13.7 Å². The van der Waals surface area contributed by atoms with Crippen molar-refractivity contribution in [2.45, 2.75) is 38.1 Å². The molecule has 1 atom stereocenters. The van der Waals surface area contributed by atoms with Gasteiger partial charge in [-0.3, -0.25) is 0 Å². The first-order valence-electron chi connectivity index (χ1n) is 6.79. The molecule has 0 saturated heterocycles. The Kier molecular flexibility index (Phi) is 3.06. The second kappa shape index (κ2) is 4.69. The fraction of sp³-hybridized carbons (Fsp3) is 0.600. The van der Waals surface area contributed by atoms with E-state index in [9.17, 15) is 0 Å². The van der Waals surface area contributed by atoms with Crippen LogP contribution in [0.15, 0.2) is 18.2 Å². The van der Waals surface area contributed by atoms with Crippen LogP contribution in [-0.2, 0) is 6.42 Å². The molecule has 0 aromatic heterocycles. The molecule has 2 aliphatic carbocycles. The number of aryl methyl sites for hydroxylation is 1. The summed E-state index contributed by atoms with van der Waals surface area (Å²) in [5, 5.41) is 3.41. The Morgan fingerprint density at radius 3 is 2.94 bits per heavy atom. The molecule has 0 amide bonds. The normalized spacial score (nSPS) is 23.2. The average Bonchev–Trinajstić information content (AvgIpc) is 3.19. The van der Waals surface area contributed by atoms with Crippen molar-refractivity contribution in [1.29, 1.82) is 0 Å². The van der Waals surface area contributed by atoms with Gasteiger partial charge >= 0.3 is 0 Å². The van der Waals surface area contributed by atoms with E-state index in [1.54, 1.807) is 0 Å². The quantitative estimate of drug-likeness (QED) is 0.860. The summed E-state index contributed by atoms with van der Waals surface area (Å²) in [5.41, 5.74) is 2.95. The molecule has 3 rings (SSSR count). The predicted octanol–water partition coefficient (Wildman–Crippen LogP) is 3.07. The summed E-state index contributed by atoms with van der Waals surface area (Å²) in [6.45, 7) is 0.906. The molecule has 0 heterocycles. The third kappa shape index (κ3) is 2.47. The van der Waals surface area contributed by atoms with Crippen LogP contribution in [0.1, 0.15) is 42.9 Å². The molecule has 1 saturated carbocycles. The molecule has 2 heteroatoms. The molecule has 0 radical (unpaired) electrons. The Morgan fingerprint density at radius 2 is 2.18 bits per heavy atom. The van der Waals surface area contributed by atoms with E-state index in [4.69, 9.17) is 4.74 Å². The highest BCUT2D eigenvalue weighted by Gasteiger charge is 2.23. The fourth-order valence-corrected chi connectivity index (χ4v) is 2.67. The van der Waals surface area contributed by atoms with Gasteiger partial charge in [-0.25, -0.2) is 0 Å². The molecule has 1 unspecified atom stereocenters. The zero-order chi connectivity index (χ0) is 11.7. The van der Waals surface area contributed by atoms with Gasteiger partial charge in [0.15, 0.2) is 0 Å². The molecule has 92 valence electrons. The van der Waals surface area contributed by atoms with Gasteiger partial charge in [0.1, 0.15) is 5.75 Å². The first kappa shape index (κ1) is 11.1. The van der Waals surface area contributed by atoms with Crippen molar-refractivity contribution in [3.63, 3.8) is 0 Å². The highest BCUT2D eigenvalue weighted by Crippen LogP contribution is 2.33. The lowest BCUT2D eigenvalue weighted by Crippen LogP contribution is -2.21. The third-order valence-electron chi connectivity index (χ3n) is 3.96. The molecule has 0 bridgehead atoms. The lowest BCUT2D eigenvalue weighted by molar-refractivity contribution is 0.298. The summed E-state index contributed by atoms with van der Waals surface area (Å²) in [6.07, 6.45) is 6.46. The second-order valence-corrected chi connectivity index (χ2v) is 5.35. The van der Waals surface area contributed by atoms with Crippen LogP contribution in [0.5, 0.6) is 5.75 Å². The molecule has 0 aliphatic heterocycles. The molecule has 1 N–H and O–H groups in total. The zero-order valence-corrected chi connectivity index (χ0v) is 10.5. The Bertz CT molecular complexity index is 398. The van der Waals surface area contributed by atoms with E-state index in [0.29, 0.717) is 6.04 Å². The van der Waals surface area contributed by atoms with Crippen LogP contribution in [0.2, 0.25) is 0 Å². The molecule has 0 spiro atoms. The summed E-state index contributed by atoms with van der Waals surface area (Å²) >= 11 is 0. The number of hydrogen-bond acceptors (Lipinski definition) is 2. The standard InChI is InChI=1S/C15H21NO/c1-16-15-4-2-3-12-7-8-13(9-14(12)15)17-10-11-5-6-11/h7-9,11,15-16H,2-6,10H2,1H3. The van der Waals surface area contributed by atoms with Crippen LogP contribution in [0.3, 0.4) is 0 Å². The number of rotatable bonds is 4. The lowest BCUT2D eigenvalue weighted by atomic mass is 9.87. The van der Waals surface area contributed by atoms with E-state index < -0.39 is 0 Å². The van der Waals surface area contributed by atoms with Crippen LogP contribution in [0, 0.1) is 5.92 Å². The lowest BCUT2D eigenvalue weighted by Gasteiger charge is -2.25. The van der Waals surface area contributed by atoms with E-state index in [0.717, 1.165) is 18.3 Å². The van der Waals surface area contributed by atoms with Crippen LogP contribution in [0.4, 0.5) is 0 Å². The molecule has 1 aromatic rings. The van der Waals surface area contributed by atoms with E-state index in [1.807, 2.05) is 0 Å². The van der Waals surface area contributed by atoms with Gasteiger partial charge in [-0.05, 0) is 68.3 Å². The SMILES string of the molecule is CNC1CCCc2ccc(OCC3CC3)cc21. The van der Waals surface area contributed by atoms with Gasteiger partial charge in [-0.1, -0.05) is 6.07 Å². The largest absolute Gasteiger partial charge is 0.493 e. The number of benzene rings is 1. The van der Waals surface area contributed by atoms with Gasteiger partial charge in [0, 0.05) is 6.04 Å². The molecule has 2 aliphatic rings. The second-order valence-electron chi connectivity index (χ2n) is 5.35. The van der Waals surface area contributed by atoms with E-state index in [-0.39, 0.29) is 0 Å². The average molecular weight is 231 g/mol. The van der Waals surface area contributed by atoms with Gasteiger partial charge in [-0.2, -0.15) is 0 Å². The van der Waals surface area contributed by atoms with Crippen LogP contribution < -0.4 is 10.1 Å². The van der Waals surface area contributed by atoms with Crippen molar-refractivity contribution in [3.05, 3.63) is 29.3 Å². The van der Waals surface area contributed by atoms with Crippen molar-refractivity contribution in [2.24, 2.45) is 5.92 Å². The van der Waals surface area contributed by atoms with Crippen molar-refractivity contribution >= 4 is 0 Å². The van der Waals surface area contributed by atoms with Crippen molar-refractivity contribution in [2.75, 3.05) is 13.7 Å². The van der Waals surface area contributed by atoms with Gasteiger partial charge in [0.05, 0.1) is 6.61 Å². The minimum Gasteiger partial charge on any atom is -0.493 e. The van der Waals surface area contributed by atoms with Gasteiger partial charge in [0.2, 0.25) is 0 Å². The topological polar surface area (TPSA) is 21.3 Å². The monoisotopic (exact) mass is 231 g/mol. The zero-order valence-electron chi connectivity index (χ0n) is 10.5. The van der Waals surface area contributed by atoms with Gasteiger partial charge in [0.25, 0.3) is 0 Å². The maximum Gasteiger partial charge on any atom is 0.119 e. The Balaban J connectivity index is 1.77. The van der Waals surface area contributed by atoms with Crippen LogP contribution in [0.25, 0.3) is 0 Å². The molecule has 2 nitrogen and oxygen atoms in total. The summed E-state index contributed by atoms with van der Waals surface area (Å²) in [7, 11) is 2.05. The van der Waals surface area contributed by atoms with Gasteiger partial charge < -0.3 is 10.1 Å². The maximum atomic E-state index is 5.86. The van der Waals surface area contributed by atoms with E-state index in [2.05, 4.69) is 30.6 Å². The Hall–Kier alpha value is -1.02. The summed E-state index contributed by atoms with van der Waals surface area (Å²) in [5.74, 6) is 1.88. The highest BCUT2D eigenvalue weighted by molar-refractivity contribution is 5.39. The number of hydrogen-bond donors (Lipinski definition) is 1. The molecule has 1 aromatic carbocycles. The minimum absolute atomic E-state index is 0.517. The first-order valence-corrected chi connectivity index (χ1v) is 6.79. The van der Waals surface area contributed by atoms with E-state index >= 15 is 0 Å². The number of ether oxygens (including phenoxy) is 1. The minimum atomic E-state index is 0.517. The van der Waals surface area contributed by atoms with Crippen molar-refractivity contribution < 1.29 is 4.74 Å². The molecule has 17 heavy (non-hydrogen) atoms. The first-order chi connectivity index (χ1) is 8.36. The summed E-state index contributed by atoms with van der Waals surface area (Å²) < 4.78 is 5.86. The highest BCUT2D eigenvalue weighted by atomic mass is 16.5. The van der Waals surface area contributed by atoms with Crippen molar-refractivity contribution in [3.8, 4) is 5.75 Å². The number of fused-ring (bicyclic) bond motifs is 1. The smallest absolute Gasteiger partial charge is 0.119 e. The number of nitrogens with one attached hydrogen (secondary N) is 1.